The molecule has 0 aliphatic rings. The standard InChI is InChI=1S/C9H18O3.FH/c1-3-5-7-11-9(10)12-8-6-4-2;/h3-8H2,1-2H3;1H. The van der Waals surface area contributed by atoms with E-state index in [-0.39, 0.29) is 4.70 Å². The third-order valence-electron chi connectivity index (χ3n) is 1.44. The fraction of sp³-hybridized carbons (Fsp3) is 0.889. The summed E-state index contributed by atoms with van der Waals surface area (Å²) in [7, 11) is 0. The van der Waals surface area contributed by atoms with Crippen molar-refractivity contribution < 1.29 is 19.0 Å². The molecule has 0 aromatic heterocycles. The Balaban J connectivity index is 0. The molecule has 0 fully saturated rings. The van der Waals surface area contributed by atoms with Crippen LogP contribution >= 0.6 is 0 Å². The number of hydrogen-bond acceptors (Lipinski definition) is 3. The van der Waals surface area contributed by atoms with Crippen molar-refractivity contribution in [1.29, 1.82) is 0 Å². The molecule has 0 atom stereocenters. The van der Waals surface area contributed by atoms with Gasteiger partial charge in [0, 0.05) is 0 Å². The second-order valence-corrected chi connectivity index (χ2v) is 2.65. The summed E-state index contributed by atoms with van der Waals surface area (Å²) in [6.07, 6.45) is 3.34. The van der Waals surface area contributed by atoms with Crippen LogP contribution in [0, 0.1) is 0 Å². The maximum absolute atomic E-state index is 10.7. The highest BCUT2D eigenvalue weighted by molar-refractivity contribution is 5.59. The summed E-state index contributed by atoms with van der Waals surface area (Å²) < 4.78 is 9.54. The molecule has 0 N–H and O–H groups in total. The number of rotatable bonds is 6. The van der Waals surface area contributed by atoms with Crippen LogP contribution in [0.15, 0.2) is 0 Å². The fourth-order valence-electron chi connectivity index (χ4n) is 0.641. The van der Waals surface area contributed by atoms with Crippen LogP contribution in [0.5, 0.6) is 0 Å². The van der Waals surface area contributed by atoms with Gasteiger partial charge in [0.05, 0.1) is 13.2 Å². The Labute approximate surface area is 78.8 Å². The Morgan fingerprint density at radius 3 is 1.69 bits per heavy atom. The summed E-state index contributed by atoms with van der Waals surface area (Å²) >= 11 is 0. The Hall–Kier alpha value is -0.800. The van der Waals surface area contributed by atoms with Crippen LogP contribution in [-0.4, -0.2) is 19.4 Å². The van der Waals surface area contributed by atoms with Gasteiger partial charge in [-0.1, -0.05) is 26.7 Å². The number of unbranched alkanes of at least 4 members (excludes halogenated alkanes) is 2. The zero-order chi connectivity index (χ0) is 9.23. The van der Waals surface area contributed by atoms with Gasteiger partial charge in [-0.05, 0) is 12.8 Å². The van der Waals surface area contributed by atoms with Crippen LogP contribution in [-0.2, 0) is 9.47 Å². The number of halogens is 1. The zero-order valence-electron chi connectivity index (χ0n) is 8.38. The van der Waals surface area contributed by atoms with Crippen molar-refractivity contribution >= 4 is 6.16 Å². The second-order valence-electron chi connectivity index (χ2n) is 2.65. The molecule has 0 radical (unpaired) electrons. The molecule has 0 aromatic carbocycles. The normalized spacial score (nSPS) is 8.77. The minimum absolute atomic E-state index is 0. The van der Waals surface area contributed by atoms with Crippen molar-refractivity contribution in [2.24, 2.45) is 0 Å². The largest absolute Gasteiger partial charge is 0.508 e. The van der Waals surface area contributed by atoms with Crippen LogP contribution in [0.3, 0.4) is 0 Å². The zero-order valence-corrected chi connectivity index (χ0v) is 8.38. The quantitative estimate of drug-likeness (QED) is 0.481. The molecule has 80 valence electrons. The first kappa shape index (κ1) is 14.7. The molecule has 0 saturated carbocycles. The van der Waals surface area contributed by atoms with E-state index in [4.69, 9.17) is 9.47 Å². The molecular formula is C9H19FO3. The molecule has 0 unspecified atom stereocenters. The minimum atomic E-state index is -0.531. The molecule has 0 amide bonds. The molecule has 0 heterocycles. The molecule has 13 heavy (non-hydrogen) atoms. The van der Waals surface area contributed by atoms with Crippen molar-refractivity contribution in [2.45, 2.75) is 39.5 Å². The van der Waals surface area contributed by atoms with Crippen molar-refractivity contribution in [3.8, 4) is 0 Å². The summed E-state index contributed by atoms with van der Waals surface area (Å²) in [5, 5.41) is 0. The van der Waals surface area contributed by atoms with E-state index in [2.05, 4.69) is 0 Å². The Bertz CT molecular complexity index is 105. The monoisotopic (exact) mass is 194 g/mol. The molecule has 0 saturated heterocycles. The summed E-state index contributed by atoms with van der Waals surface area (Å²) in [6.45, 7) is 5.04. The third kappa shape index (κ3) is 11.2. The lowest BCUT2D eigenvalue weighted by molar-refractivity contribution is 0.0536. The summed E-state index contributed by atoms with van der Waals surface area (Å²) in [4.78, 5) is 10.7. The van der Waals surface area contributed by atoms with Crippen LogP contribution in [0.1, 0.15) is 39.5 Å². The Morgan fingerprint density at radius 1 is 1.00 bits per heavy atom. The molecule has 0 aliphatic carbocycles. The predicted octanol–water partition coefficient (Wildman–Crippen LogP) is 2.89. The highest BCUT2D eigenvalue weighted by Crippen LogP contribution is 1.93. The number of carbonyl (C=O) groups is 1. The lowest BCUT2D eigenvalue weighted by Crippen LogP contribution is -2.09. The second kappa shape index (κ2) is 11.2. The molecular weight excluding hydrogens is 175 g/mol. The Kier molecular flexibility index (Phi) is 12.7. The number of carbonyl (C=O) groups excluding carboxylic acids is 1. The molecule has 0 rings (SSSR count). The van der Waals surface area contributed by atoms with Gasteiger partial charge in [-0.2, -0.15) is 0 Å². The smallest absolute Gasteiger partial charge is 0.434 e. The highest BCUT2D eigenvalue weighted by Gasteiger charge is 2.00. The van der Waals surface area contributed by atoms with Crippen LogP contribution < -0.4 is 0 Å². The maximum Gasteiger partial charge on any atom is 0.508 e. The summed E-state index contributed by atoms with van der Waals surface area (Å²) in [5.74, 6) is 0. The van der Waals surface area contributed by atoms with Gasteiger partial charge in [0.15, 0.2) is 0 Å². The van der Waals surface area contributed by atoms with Gasteiger partial charge < -0.3 is 9.47 Å². The first-order valence-corrected chi connectivity index (χ1v) is 4.60. The minimum Gasteiger partial charge on any atom is -0.434 e. The topological polar surface area (TPSA) is 35.5 Å². The molecule has 0 aliphatic heterocycles. The summed E-state index contributed by atoms with van der Waals surface area (Å²) in [6, 6.07) is 0. The van der Waals surface area contributed by atoms with E-state index in [1.807, 2.05) is 13.8 Å². The van der Waals surface area contributed by atoms with Crippen molar-refractivity contribution in [2.75, 3.05) is 13.2 Å². The van der Waals surface area contributed by atoms with Crippen LogP contribution in [0.4, 0.5) is 9.50 Å². The van der Waals surface area contributed by atoms with E-state index in [1.165, 1.54) is 0 Å². The van der Waals surface area contributed by atoms with Crippen molar-refractivity contribution in [3.05, 3.63) is 0 Å². The van der Waals surface area contributed by atoms with Gasteiger partial charge in [0.1, 0.15) is 0 Å². The van der Waals surface area contributed by atoms with Crippen LogP contribution in [0.2, 0.25) is 0 Å². The first-order chi connectivity index (χ1) is 5.81. The van der Waals surface area contributed by atoms with Gasteiger partial charge in [-0.25, -0.2) is 4.79 Å². The van der Waals surface area contributed by atoms with Crippen molar-refractivity contribution in [1.82, 2.24) is 0 Å². The lowest BCUT2D eigenvalue weighted by atomic mass is 10.4. The van der Waals surface area contributed by atoms with Gasteiger partial charge in [-0.3, -0.25) is 4.70 Å². The molecule has 0 aromatic rings. The first-order valence-electron chi connectivity index (χ1n) is 4.60. The number of ether oxygens (including phenoxy) is 2. The highest BCUT2D eigenvalue weighted by atomic mass is 19.0. The number of hydrogen-bond donors (Lipinski definition) is 0. The van der Waals surface area contributed by atoms with E-state index in [9.17, 15) is 4.79 Å². The van der Waals surface area contributed by atoms with Crippen LogP contribution in [0.25, 0.3) is 0 Å². The van der Waals surface area contributed by atoms with Crippen molar-refractivity contribution in [3.63, 3.8) is 0 Å². The molecule has 4 heteroatoms. The van der Waals surface area contributed by atoms with Gasteiger partial charge in [0.25, 0.3) is 0 Å². The predicted molar refractivity (Wildman–Crippen MR) is 49.6 cm³/mol. The van der Waals surface area contributed by atoms with E-state index in [0.29, 0.717) is 13.2 Å². The molecule has 3 nitrogen and oxygen atoms in total. The third-order valence-corrected chi connectivity index (χ3v) is 1.44. The van der Waals surface area contributed by atoms with E-state index < -0.39 is 6.16 Å². The fourth-order valence-corrected chi connectivity index (χ4v) is 0.641. The Morgan fingerprint density at radius 2 is 1.38 bits per heavy atom. The van der Waals surface area contributed by atoms with Gasteiger partial charge in [-0.15, -0.1) is 0 Å². The van der Waals surface area contributed by atoms with E-state index in [0.717, 1.165) is 25.7 Å². The van der Waals surface area contributed by atoms with E-state index >= 15 is 0 Å². The molecule has 0 spiro atoms. The van der Waals surface area contributed by atoms with Gasteiger partial charge >= 0.3 is 6.16 Å². The molecule has 0 bridgehead atoms. The average Bonchev–Trinajstić information content (AvgIpc) is 2.06. The average molecular weight is 194 g/mol. The summed E-state index contributed by atoms with van der Waals surface area (Å²) in [5.41, 5.74) is 0. The lowest BCUT2D eigenvalue weighted by Gasteiger charge is -2.04. The van der Waals surface area contributed by atoms with E-state index in [1.54, 1.807) is 0 Å². The maximum atomic E-state index is 10.7. The SMILES string of the molecule is CCCCOC(=O)OCCCC.F. The van der Waals surface area contributed by atoms with Gasteiger partial charge in [0.2, 0.25) is 0 Å².